The van der Waals surface area contributed by atoms with Gasteiger partial charge in [-0.2, -0.15) is 5.26 Å². The van der Waals surface area contributed by atoms with Gasteiger partial charge >= 0.3 is 5.97 Å². The molecule has 0 aliphatic heterocycles. The molecule has 0 spiro atoms. The Morgan fingerprint density at radius 3 is 2.37 bits per heavy atom. The van der Waals surface area contributed by atoms with Crippen LogP contribution in [0.4, 0.5) is 5.69 Å². The smallest absolute Gasteiger partial charge is 0.339 e. The Labute approximate surface area is 176 Å². The molecule has 0 saturated heterocycles. The van der Waals surface area contributed by atoms with Crippen molar-refractivity contribution in [2.24, 2.45) is 0 Å². The Kier molecular flexibility index (Phi) is 8.24. The number of hydrogen-bond donors (Lipinski definition) is 0. The van der Waals surface area contributed by atoms with Crippen LogP contribution in [0.25, 0.3) is 0 Å². The predicted molar refractivity (Wildman–Crippen MR) is 113 cm³/mol. The maximum atomic E-state index is 12.9. The molecular weight excluding hydrogens is 384 g/mol. The SMILES string of the molecule is COc1cc(C(=O)OC(C)C(=O)N(CCC#N)c2ccccc2)ccc1OC(C)C. The molecule has 0 aliphatic carbocycles. The van der Waals surface area contributed by atoms with Gasteiger partial charge in [-0.1, -0.05) is 18.2 Å². The summed E-state index contributed by atoms with van der Waals surface area (Å²) in [4.78, 5) is 26.9. The van der Waals surface area contributed by atoms with Gasteiger partial charge in [-0.05, 0) is 51.1 Å². The van der Waals surface area contributed by atoms with Crippen molar-refractivity contribution in [2.45, 2.75) is 39.4 Å². The zero-order valence-corrected chi connectivity index (χ0v) is 17.6. The Morgan fingerprint density at radius 1 is 1.07 bits per heavy atom. The summed E-state index contributed by atoms with van der Waals surface area (Å²) in [5, 5.41) is 8.91. The molecule has 7 nitrogen and oxygen atoms in total. The average molecular weight is 410 g/mol. The molecule has 0 saturated carbocycles. The Bertz CT molecular complexity index is 906. The van der Waals surface area contributed by atoms with Crippen LogP contribution in [0.3, 0.4) is 0 Å². The van der Waals surface area contributed by atoms with Gasteiger partial charge in [-0.25, -0.2) is 4.79 Å². The fourth-order valence-electron chi connectivity index (χ4n) is 2.78. The van der Waals surface area contributed by atoms with Crippen molar-refractivity contribution in [1.82, 2.24) is 0 Å². The zero-order valence-electron chi connectivity index (χ0n) is 17.6. The molecule has 2 aromatic carbocycles. The minimum Gasteiger partial charge on any atom is -0.493 e. The van der Waals surface area contributed by atoms with E-state index < -0.39 is 18.0 Å². The molecule has 2 aromatic rings. The molecule has 0 radical (unpaired) electrons. The summed E-state index contributed by atoms with van der Waals surface area (Å²) in [5.74, 6) is -0.146. The second-order valence-corrected chi connectivity index (χ2v) is 6.81. The first-order valence-electron chi connectivity index (χ1n) is 9.66. The maximum absolute atomic E-state index is 12.9. The molecule has 0 N–H and O–H groups in total. The number of amides is 1. The van der Waals surface area contributed by atoms with E-state index in [4.69, 9.17) is 19.5 Å². The van der Waals surface area contributed by atoms with E-state index in [0.29, 0.717) is 17.2 Å². The second kappa shape index (κ2) is 10.9. The molecule has 1 amide bonds. The highest BCUT2D eigenvalue weighted by molar-refractivity contribution is 5.99. The number of rotatable bonds is 9. The van der Waals surface area contributed by atoms with Gasteiger partial charge in [0.2, 0.25) is 0 Å². The second-order valence-electron chi connectivity index (χ2n) is 6.81. The van der Waals surface area contributed by atoms with Crippen molar-refractivity contribution in [3.05, 3.63) is 54.1 Å². The number of para-hydroxylation sites is 1. The number of carbonyl (C=O) groups is 2. The predicted octanol–water partition coefficient (Wildman–Crippen LogP) is 3.97. The highest BCUT2D eigenvalue weighted by Gasteiger charge is 2.26. The van der Waals surface area contributed by atoms with E-state index in [-0.39, 0.29) is 24.6 Å². The van der Waals surface area contributed by atoms with Crippen LogP contribution in [-0.4, -0.2) is 37.7 Å². The third-order valence-corrected chi connectivity index (χ3v) is 4.17. The summed E-state index contributed by atoms with van der Waals surface area (Å²) in [6.07, 6.45) is -0.920. The molecule has 0 aromatic heterocycles. The first kappa shape index (κ1) is 22.8. The summed E-state index contributed by atoms with van der Waals surface area (Å²) >= 11 is 0. The Hall–Kier alpha value is -3.53. The van der Waals surface area contributed by atoms with E-state index in [2.05, 4.69) is 0 Å². The minimum absolute atomic E-state index is 0.0493. The highest BCUT2D eigenvalue weighted by atomic mass is 16.5. The summed E-state index contributed by atoms with van der Waals surface area (Å²) in [5.41, 5.74) is 0.878. The van der Waals surface area contributed by atoms with Crippen LogP contribution in [0.2, 0.25) is 0 Å². The van der Waals surface area contributed by atoms with Crippen molar-refractivity contribution in [1.29, 1.82) is 5.26 Å². The van der Waals surface area contributed by atoms with Gasteiger partial charge in [0.1, 0.15) is 0 Å². The average Bonchev–Trinajstić information content (AvgIpc) is 2.74. The first-order valence-corrected chi connectivity index (χ1v) is 9.66. The van der Waals surface area contributed by atoms with E-state index in [9.17, 15) is 9.59 Å². The number of methoxy groups -OCH3 is 1. The quantitative estimate of drug-likeness (QED) is 0.581. The maximum Gasteiger partial charge on any atom is 0.339 e. The number of benzene rings is 2. The highest BCUT2D eigenvalue weighted by Crippen LogP contribution is 2.29. The van der Waals surface area contributed by atoms with Crippen molar-refractivity contribution < 1.29 is 23.8 Å². The molecule has 1 unspecified atom stereocenters. The van der Waals surface area contributed by atoms with Gasteiger partial charge in [0.25, 0.3) is 5.91 Å². The molecule has 0 bridgehead atoms. The van der Waals surface area contributed by atoms with Gasteiger partial charge < -0.3 is 19.1 Å². The minimum atomic E-state index is -1.03. The molecule has 1 atom stereocenters. The lowest BCUT2D eigenvalue weighted by Gasteiger charge is -2.25. The van der Waals surface area contributed by atoms with Gasteiger partial charge in [0.15, 0.2) is 17.6 Å². The Morgan fingerprint density at radius 2 is 1.77 bits per heavy atom. The number of esters is 1. The molecule has 7 heteroatoms. The number of carbonyl (C=O) groups excluding carboxylic acids is 2. The van der Waals surface area contributed by atoms with Crippen LogP contribution < -0.4 is 14.4 Å². The van der Waals surface area contributed by atoms with E-state index in [1.165, 1.54) is 25.0 Å². The molecule has 0 heterocycles. The van der Waals surface area contributed by atoms with Gasteiger partial charge in [0.05, 0.1) is 31.3 Å². The van der Waals surface area contributed by atoms with Gasteiger partial charge in [-0.15, -0.1) is 0 Å². The van der Waals surface area contributed by atoms with Gasteiger partial charge in [0, 0.05) is 12.2 Å². The van der Waals surface area contributed by atoms with Crippen molar-refractivity contribution in [3.8, 4) is 17.6 Å². The molecule has 2 rings (SSSR count). The molecular formula is C23H26N2O5. The van der Waals surface area contributed by atoms with Crippen molar-refractivity contribution >= 4 is 17.6 Å². The fourth-order valence-corrected chi connectivity index (χ4v) is 2.78. The molecule has 158 valence electrons. The van der Waals surface area contributed by atoms with E-state index in [0.717, 1.165) is 0 Å². The first-order chi connectivity index (χ1) is 14.4. The van der Waals surface area contributed by atoms with Crippen LogP contribution in [-0.2, 0) is 9.53 Å². The Balaban J connectivity index is 2.15. The van der Waals surface area contributed by atoms with Crippen LogP contribution in [0.5, 0.6) is 11.5 Å². The number of ether oxygens (including phenoxy) is 3. The van der Waals surface area contributed by atoms with Crippen molar-refractivity contribution in [3.63, 3.8) is 0 Å². The third kappa shape index (κ3) is 5.98. The van der Waals surface area contributed by atoms with E-state index in [1.807, 2.05) is 26.0 Å². The largest absolute Gasteiger partial charge is 0.493 e. The van der Waals surface area contributed by atoms with E-state index >= 15 is 0 Å². The number of nitrogens with zero attached hydrogens (tertiary/aromatic N) is 2. The number of nitriles is 1. The van der Waals surface area contributed by atoms with Crippen molar-refractivity contribution in [2.75, 3.05) is 18.6 Å². The monoisotopic (exact) mass is 410 g/mol. The summed E-state index contributed by atoms with van der Waals surface area (Å²) in [6.45, 7) is 5.49. The van der Waals surface area contributed by atoms with Crippen LogP contribution >= 0.6 is 0 Å². The summed E-state index contributed by atoms with van der Waals surface area (Å²) in [7, 11) is 1.48. The third-order valence-electron chi connectivity index (χ3n) is 4.17. The lowest BCUT2D eigenvalue weighted by molar-refractivity contribution is -0.126. The van der Waals surface area contributed by atoms with Crippen LogP contribution in [0, 0.1) is 11.3 Å². The topological polar surface area (TPSA) is 88.9 Å². The standard InChI is InChI=1S/C23H26N2O5/c1-16(2)29-20-12-11-18(15-21(20)28-4)23(27)30-17(3)22(26)25(14-8-13-24)19-9-6-5-7-10-19/h5-7,9-12,15-17H,8,14H2,1-4H3. The van der Waals surface area contributed by atoms with Gasteiger partial charge in [-0.3, -0.25) is 4.79 Å². The van der Waals surface area contributed by atoms with Crippen LogP contribution in [0.15, 0.2) is 48.5 Å². The normalized spacial score (nSPS) is 11.3. The summed E-state index contributed by atoms with van der Waals surface area (Å²) in [6, 6.07) is 15.7. The lowest BCUT2D eigenvalue weighted by atomic mass is 10.2. The lowest BCUT2D eigenvalue weighted by Crippen LogP contribution is -2.40. The number of hydrogen-bond acceptors (Lipinski definition) is 6. The molecule has 0 fully saturated rings. The fraction of sp³-hybridized carbons (Fsp3) is 0.348. The zero-order chi connectivity index (χ0) is 22.1. The molecule has 0 aliphatic rings. The summed E-state index contributed by atoms with van der Waals surface area (Å²) < 4.78 is 16.3. The molecule has 30 heavy (non-hydrogen) atoms. The van der Waals surface area contributed by atoms with E-state index in [1.54, 1.807) is 36.4 Å². The number of anilines is 1. The van der Waals surface area contributed by atoms with Crippen LogP contribution in [0.1, 0.15) is 37.6 Å².